The van der Waals surface area contributed by atoms with E-state index in [1.54, 1.807) is 0 Å². The van der Waals surface area contributed by atoms with Crippen molar-refractivity contribution in [2.45, 2.75) is 66.2 Å². The van der Waals surface area contributed by atoms with E-state index in [1.807, 2.05) is 0 Å². The number of nitrogens with zero attached hydrogens (tertiary/aromatic N) is 2. The summed E-state index contributed by atoms with van der Waals surface area (Å²) in [5, 5.41) is 9.37. The van der Waals surface area contributed by atoms with Crippen LogP contribution >= 0.6 is 0 Å². The minimum atomic E-state index is -0.274. The van der Waals surface area contributed by atoms with Crippen LogP contribution in [0.25, 0.3) is 87.7 Å². The molecule has 4 heteroatoms. The minimum absolute atomic E-state index is 0.274. The van der Waals surface area contributed by atoms with Crippen LogP contribution in [0.1, 0.15) is 72.2 Å². The number of para-hydroxylation sites is 4. The van der Waals surface area contributed by atoms with Crippen molar-refractivity contribution in [3.05, 3.63) is 239 Å². The molecule has 76 heavy (non-hydrogen) atoms. The van der Waals surface area contributed by atoms with Gasteiger partial charge in [-0.05, 0) is 177 Å². The topological polar surface area (TPSA) is 32.8 Å². The molecule has 0 saturated carbocycles. The Balaban J connectivity index is 1.03. The molecule has 15 rings (SSSR count). The van der Waals surface area contributed by atoms with E-state index in [0.717, 1.165) is 66.6 Å². The van der Waals surface area contributed by atoms with Crippen LogP contribution in [-0.2, 0) is 10.8 Å². The van der Waals surface area contributed by atoms with Crippen molar-refractivity contribution in [3.63, 3.8) is 0 Å². The van der Waals surface area contributed by atoms with Gasteiger partial charge in [0, 0.05) is 55.9 Å². The molecule has 2 aliphatic heterocycles. The number of benzene rings is 11. The Kier molecular flexibility index (Phi) is 9.29. The molecular formula is C72H56N2O2. The predicted molar refractivity (Wildman–Crippen MR) is 319 cm³/mol. The standard InChI is InChI=1S/C72H56N2O2/c1-41-25-27-45(33-43(41)3)69-51-31-29-48(74-62-22-14-12-20-58(62)72(7,8)60-38-54-50-18-10-16-24-66(50)76-68(54)40-64(60)74)36-56(51)70(46-28-26-42(2)44(4)34-46)52-32-30-47(35-55(52)69)73-61-21-13-11-19-57(61)71(5,6)59-37-53-49-17-9-15-23-65(49)75-67(53)39-63(59)73/h9-40H,1-8H3. The van der Waals surface area contributed by atoms with Crippen molar-refractivity contribution in [1.29, 1.82) is 0 Å². The molecule has 11 aromatic carbocycles. The number of rotatable bonds is 4. The highest BCUT2D eigenvalue weighted by Crippen LogP contribution is 2.57. The van der Waals surface area contributed by atoms with Gasteiger partial charge in [0.1, 0.15) is 22.3 Å². The summed E-state index contributed by atoms with van der Waals surface area (Å²) in [6, 6.07) is 72.6. The van der Waals surface area contributed by atoms with Gasteiger partial charge in [-0.25, -0.2) is 0 Å². The van der Waals surface area contributed by atoms with Gasteiger partial charge in [0.15, 0.2) is 0 Å². The van der Waals surface area contributed by atoms with Crippen LogP contribution in [0.3, 0.4) is 0 Å². The van der Waals surface area contributed by atoms with Gasteiger partial charge in [0.2, 0.25) is 0 Å². The van der Waals surface area contributed by atoms with E-state index >= 15 is 0 Å². The molecule has 0 aliphatic carbocycles. The highest BCUT2D eigenvalue weighted by molar-refractivity contribution is 6.23. The third kappa shape index (κ3) is 6.25. The van der Waals surface area contributed by atoms with Gasteiger partial charge in [-0.1, -0.05) is 149 Å². The van der Waals surface area contributed by atoms with Gasteiger partial charge in [-0.3, -0.25) is 0 Å². The van der Waals surface area contributed by atoms with E-state index in [1.165, 1.54) is 99.7 Å². The molecule has 0 radical (unpaired) electrons. The second-order valence-corrected chi connectivity index (χ2v) is 22.7. The van der Waals surface area contributed by atoms with Crippen LogP contribution in [0.5, 0.6) is 0 Å². The van der Waals surface area contributed by atoms with Gasteiger partial charge in [-0.2, -0.15) is 0 Å². The van der Waals surface area contributed by atoms with Gasteiger partial charge < -0.3 is 18.6 Å². The van der Waals surface area contributed by atoms with Crippen molar-refractivity contribution in [3.8, 4) is 22.3 Å². The number of fused-ring (bicyclic) bond motifs is 12. The minimum Gasteiger partial charge on any atom is -0.456 e. The zero-order valence-electron chi connectivity index (χ0n) is 44.2. The van der Waals surface area contributed by atoms with Crippen LogP contribution in [0.4, 0.5) is 34.1 Å². The van der Waals surface area contributed by atoms with Crippen molar-refractivity contribution in [2.24, 2.45) is 0 Å². The van der Waals surface area contributed by atoms with Crippen LogP contribution in [0.15, 0.2) is 203 Å². The Morgan fingerprint density at radius 2 is 0.697 bits per heavy atom. The second kappa shape index (κ2) is 15.8. The maximum Gasteiger partial charge on any atom is 0.137 e. The average molecular weight is 981 g/mol. The highest BCUT2D eigenvalue weighted by atomic mass is 16.3. The van der Waals surface area contributed by atoms with Gasteiger partial charge in [0.25, 0.3) is 0 Å². The van der Waals surface area contributed by atoms with Crippen molar-refractivity contribution >= 4 is 99.5 Å². The summed E-state index contributed by atoms with van der Waals surface area (Å²) in [5.41, 5.74) is 24.9. The molecule has 0 spiro atoms. The fraction of sp³-hybridized carbons (Fsp3) is 0.139. The van der Waals surface area contributed by atoms with Crippen LogP contribution in [0.2, 0.25) is 0 Å². The fourth-order valence-corrected chi connectivity index (χ4v) is 13.3. The summed E-state index contributed by atoms with van der Waals surface area (Å²) in [6.45, 7) is 18.4. The molecule has 0 fully saturated rings. The number of anilines is 6. The summed E-state index contributed by atoms with van der Waals surface area (Å²) in [5.74, 6) is 0. The molecule has 0 atom stereocenters. The van der Waals surface area contributed by atoms with E-state index in [2.05, 4.69) is 259 Å². The molecule has 4 nitrogen and oxygen atoms in total. The van der Waals surface area contributed by atoms with E-state index < -0.39 is 0 Å². The Morgan fingerprint density at radius 3 is 1.13 bits per heavy atom. The molecule has 13 aromatic rings. The van der Waals surface area contributed by atoms with Crippen LogP contribution in [-0.4, -0.2) is 0 Å². The smallest absolute Gasteiger partial charge is 0.137 e. The Morgan fingerprint density at radius 1 is 0.289 bits per heavy atom. The van der Waals surface area contributed by atoms with E-state index in [4.69, 9.17) is 8.83 Å². The summed E-state index contributed by atoms with van der Waals surface area (Å²) >= 11 is 0. The van der Waals surface area contributed by atoms with Gasteiger partial charge >= 0.3 is 0 Å². The third-order valence-electron chi connectivity index (χ3n) is 17.6. The summed E-state index contributed by atoms with van der Waals surface area (Å²) < 4.78 is 13.3. The SMILES string of the molecule is Cc1ccc(-c2c3ccc(N4c5ccccc5C(C)(C)c5cc6c(cc54)oc4ccccc46)cc3c(-c3ccc(C)c(C)c3)c3ccc(N4c5ccccc5C(C)(C)c5cc6c(cc54)oc4ccccc46)cc23)cc1C. The molecule has 0 amide bonds. The van der Waals surface area contributed by atoms with Crippen molar-refractivity contribution in [1.82, 2.24) is 0 Å². The number of hydrogen-bond donors (Lipinski definition) is 0. The molecular weight excluding hydrogens is 925 g/mol. The van der Waals surface area contributed by atoms with Crippen molar-refractivity contribution < 1.29 is 8.83 Å². The molecule has 0 saturated heterocycles. The molecule has 0 bridgehead atoms. The average Bonchev–Trinajstić information content (AvgIpc) is 4.06. The number of hydrogen-bond acceptors (Lipinski definition) is 4. The number of aryl methyl sites for hydroxylation is 4. The highest BCUT2D eigenvalue weighted by Gasteiger charge is 2.40. The normalized spacial score (nSPS) is 14.5. The lowest BCUT2D eigenvalue weighted by Gasteiger charge is -2.42. The molecule has 0 unspecified atom stereocenters. The predicted octanol–water partition coefficient (Wildman–Crippen LogP) is 20.6. The van der Waals surface area contributed by atoms with Gasteiger partial charge in [-0.15, -0.1) is 0 Å². The Hall–Kier alpha value is -8.86. The monoisotopic (exact) mass is 980 g/mol. The Labute approximate surface area is 443 Å². The maximum atomic E-state index is 6.66. The lowest BCUT2D eigenvalue weighted by atomic mass is 9.73. The first kappa shape index (κ1) is 44.6. The second-order valence-electron chi connectivity index (χ2n) is 22.7. The first-order valence-corrected chi connectivity index (χ1v) is 26.7. The lowest BCUT2D eigenvalue weighted by Crippen LogP contribution is -2.30. The summed E-state index contributed by atoms with van der Waals surface area (Å²) in [6.07, 6.45) is 0. The fourth-order valence-electron chi connectivity index (χ4n) is 13.3. The lowest BCUT2D eigenvalue weighted by molar-refractivity contribution is 0.630. The first-order valence-electron chi connectivity index (χ1n) is 26.7. The third-order valence-corrected chi connectivity index (χ3v) is 17.6. The largest absolute Gasteiger partial charge is 0.456 e. The van der Waals surface area contributed by atoms with Crippen molar-refractivity contribution in [2.75, 3.05) is 9.80 Å². The Bertz CT molecular complexity index is 4360. The summed E-state index contributed by atoms with van der Waals surface area (Å²) in [7, 11) is 0. The van der Waals surface area contributed by atoms with E-state index in [9.17, 15) is 0 Å². The molecule has 4 heterocycles. The zero-order chi connectivity index (χ0) is 51.5. The van der Waals surface area contributed by atoms with Crippen LogP contribution < -0.4 is 9.80 Å². The molecule has 0 N–H and O–H groups in total. The zero-order valence-corrected chi connectivity index (χ0v) is 44.2. The number of furan rings is 2. The first-order chi connectivity index (χ1) is 36.8. The summed E-state index contributed by atoms with van der Waals surface area (Å²) in [4.78, 5) is 4.97. The molecule has 2 aliphatic rings. The molecule has 366 valence electrons. The van der Waals surface area contributed by atoms with Gasteiger partial charge in [0.05, 0.1) is 22.7 Å². The van der Waals surface area contributed by atoms with Crippen LogP contribution in [0, 0.1) is 27.7 Å². The van der Waals surface area contributed by atoms with E-state index in [-0.39, 0.29) is 10.8 Å². The molecule has 2 aromatic heterocycles. The maximum absolute atomic E-state index is 6.66. The quantitative estimate of drug-likeness (QED) is 0.165. The van der Waals surface area contributed by atoms with E-state index in [0.29, 0.717) is 0 Å².